The van der Waals surface area contributed by atoms with E-state index in [1.54, 1.807) is 0 Å². The smallest absolute Gasteiger partial charge is 0.397 e. The van der Waals surface area contributed by atoms with Crippen LogP contribution < -0.4 is 0 Å². The number of rotatable bonds is 17. The summed E-state index contributed by atoms with van der Waals surface area (Å²) in [4.78, 5) is 13.8. The van der Waals surface area contributed by atoms with Crippen molar-refractivity contribution in [3.63, 3.8) is 0 Å². The molecule has 0 aromatic rings. The number of carbonyl (C=O) groups excluding carboxylic acids is 1. The lowest BCUT2D eigenvalue weighted by atomic mass is 9.40. The van der Waals surface area contributed by atoms with Crippen molar-refractivity contribution in [1.82, 2.24) is 0 Å². The molecule has 6 saturated heterocycles. The summed E-state index contributed by atoms with van der Waals surface area (Å²) in [6.07, 6.45) is -35.1. The number of methoxy groups -OCH3 is 1. The van der Waals surface area contributed by atoms with Gasteiger partial charge in [0.1, 0.15) is 104 Å². The molecular weight excluding hydrogens is 1180 g/mol. The van der Waals surface area contributed by atoms with Crippen LogP contribution in [0.4, 0.5) is 0 Å². The molecule has 0 aromatic carbocycles. The fourth-order valence-electron chi connectivity index (χ4n) is 16.2. The van der Waals surface area contributed by atoms with Gasteiger partial charge in [-0.3, -0.25) is 13.9 Å². The lowest BCUT2D eigenvalue weighted by Crippen LogP contribution is -2.67. The minimum absolute atomic E-state index is 0.0224. The third-order valence-electron chi connectivity index (χ3n) is 20.4. The minimum atomic E-state index is -5.27. The van der Waals surface area contributed by atoms with Crippen LogP contribution >= 0.6 is 0 Å². The van der Waals surface area contributed by atoms with E-state index in [9.17, 15) is 76.7 Å². The number of ether oxygens (including phenoxy) is 12. The van der Waals surface area contributed by atoms with E-state index in [1.807, 2.05) is 6.92 Å². The third-order valence-corrected chi connectivity index (χ3v) is 21.3. The largest absolute Gasteiger partial charge is 0.461 e. The molecule has 11 N–H and O–H groups in total. The zero-order valence-electron chi connectivity index (χ0n) is 47.9. The number of carbonyl (C=O) groups is 1. The Kier molecular flexibility index (Phi) is 18.7. The average molecular weight is 1260 g/mol. The van der Waals surface area contributed by atoms with Crippen LogP contribution in [0.5, 0.6) is 0 Å². The highest BCUT2D eigenvalue weighted by atomic mass is 32.3. The molecule has 30 atom stereocenters. The Morgan fingerprint density at radius 3 is 1.94 bits per heavy atom. The normalized spacial score (nSPS) is 50.8. The Bertz CT molecular complexity index is 2700. The van der Waals surface area contributed by atoms with Gasteiger partial charge in [-0.15, -0.1) is 0 Å². The minimum Gasteiger partial charge on any atom is -0.461 e. The molecule has 0 unspecified atom stereocenters. The highest BCUT2D eigenvalue weighted by Gasteiger charge is 2.76. The monoisotopic (exact) mass is 1260 g/mol. The molecule has 0 aromatic heterocycles. The fraction of sp³-hybridized carbons (Fsp3) is 0.906. The quantitative estimate of drug-likeness (QED) is 0.0405. The van der Waals surface area contributed by atoms with Gasteiger partial charge in [0, 0.05) is 18.4 Å². The van der Waals surface area contributed by atoms with E-state index in [1.165, 1.54) is 19.6 Å². The molecule has 10 rings (SSSR count). The maximum absolute atomic E-state index is 13.8. The summed E-state index contributed by atoms with van der Waals surface area (Å²) in [6.45, 7) is 13.3. The van der Waals surface area contributed by atoms with Gasteiger partial charge in [0.2, 0.25) is 0 Å². The number of fused-ring (bicyclic) bond motifs is 5. The van der Waals surface area contributed by atoms with E-state index in [0.29, 0.717) is 32.1 Å². The van der Waals surface area contributed by atoms with Gasteiger partial charge < -0.3 is 103 Å². The zero-order valence-corrected chi connectivity index (χ0v) is 49.6. The van der Waals surface area contributed by atoms with Gasteiger partial charge in [0.25, 0.3) is 0 Å². The van der Waals surface area contributed by atoms with Crippen LogP contribution in [-0.2, 0) is 90.8 Å². The van der Waals surface area contributed by atoms with Gasteiger partial charge in [-0.2, -0.15) is 16.8 Å². The van der Waals surface area contributed by atoms with E-state index >= 15 is 0 Å². The molecule has 486 valence electrons. The fourth-order valence-corrected chi connectivity index (χ4v) is 17.0. The summed E-state index contributed by atoms with van der Waals surface area (Å²) in [5.74, 6) is -0.165. The SMILES string of the molecule is C=C(C)[C@H]1[C@@H]2C[C@@]3(C)C4=CC[C@H]5C(C)(C)[C@@H](O[C@@H]6OC[C@@H](OS(=O)(=O)O)[C@H](O)[C@H]6O[C@@H]6O[C@H](C)[C@@H](O[C@@H]7O[C@H](COS(=O)(=O)O)[C@@H](O)[C@H](O[C@@H]8OC[C@@H](O)[C@H](OC)[C@H]8O)[C@H]7O)[C@H](O)[C@H]6O[C@@H]6OC[C@@H](O)[C@H](O)[C@H]6O)CC[C@]5(C)[C@@H]4CC[C@]13C(=O)O2. The van der Waals surface area contributed by atoms with Gasteiger partial charge in [0.05, 0.1) is 44.1 Å². The number of aliphatic hydroxyl groups is 9. The Morgan fingerprint density at radius 2 is 1.28 bits per heavy atom. The lowest BCUT2D eigenvalue weighted by Gasteiger charge is -2.64. The van der Waals surface area contributed by atoms with Crippen LogP contribution in [0, 0.1) is 39.4 Å². The molecule has 10 aliphatic rings. The van der Waals surface area contributed by atoms with Gasteiger partial charge in [0.15, 0.2) is 31.5 Å². The molecule has 1 spiro atoms. The Hall–Kier alpha value is -2.11. The Balaban J connectivity index is 0.923. The van der Waals surface area contributed by atoms with Gasteiger partial charge in [-0.1, -0.05) is 51.5 Å². The molecular formula is C53H82O30S2. The lowest BCUT2D eigenvalue weighted by molar-refractivity contribution is -0.402. The maximum Gasteiger partial charge on any atom is 0.397 e. The molecule has 4 aliphatic carbocycles. The number of aliphatic hydroxyl groups excluding tert-OH is 9. The van der Waals surface area contributed by atoms with E-state index in [0.717, 1.165) is 12.0 Å². The van der Waals surface area contributed by atoms with Crippen molar-refractivity contribution in [3.8, 4) is 0 Å². The molecule has 32 heteroatoms. The first-order chi connectivity index (χ1) is 39.7. The highest BCUT2D eigenvalue weighted by molar-refractivity contribution is 7.81. The molecule has 85 heavy (non-hydrogen) atoms. The first-order valence-corrected chi connectivity index (χ1v) is 31.3. The highest BCUT2D eigenvalue weighted by Crippen LogP contribution is 2.76. The summed E-state index contributed by atoms with van der Waals surface area (Å²) in [7, 11) is -9.30. The Morgan fingerprint density at radius 1 is 0.671 bits per heavy atom. The van der Waals surface area contributed by atoms with Crippen molar-refractivity contribution in [1.29, 1.82) is 0 Å². The second kappa shape index (κ2) is 24.2. The van der Waals surface area contributed by atoms with E-state index in [-0.39, 0.29) is 35.2 Å². The van der Waals surface area contributed by atoms with Gasteiger partial charge in [-0.25, -0.2) is 8.37 Å². The number of hydrogen-bond donors (Lipinski definition) is 11. The van der Waals surface area contributed by atoms with Crippen molar-refractivity contribution < 1.29 is 142 Å². The zero-order chi connectivity index (χ0) is 62.0. The number of hydrogen-bond acceptors (Lipinski definition) is 28. The first kappa shape index (κ1) is 65.8. The Labute approximate surface area is 491 Å². The molecule has 9 fully saturated rings. The molecule has 30 nitrogen and oxygen atoms in total. The molecule has 2 bridgehead atoms. The van der Waals surface area contributed by atoms with E-state index < -0.39 is 205 Å². The number of esters is 1. The number of allylic oxidation sites excluding steroid dienone is 2. The predicted molar refractivity (Wildman–Crippen MR) is 279 cm³/mol. The van der Waals surface area contributed by atoms with Crippen molar-refractivity contribution in [2.75, 3.05) is 33.5 Å². The predicted octanol–water partition coefficient (Wildman–Crippen LogP) is -2.58. The van der Waals surface area contributed by atoms with Gasteiger partial charge in [-0.05, 0) is 75.0 Å². The molecule has 0 radical (unpaired) electrons. The molecule has 6 heterocycles. The maximum atomic E-state index is 13.8. The second-order valence-corrected chi connectivity index (χ2v) is 27.7. The summed E-state index contributed by atoms with van der Waals surface area (Å²) >= 11 is 0. The van der Waals surface area contributed by atoms with Crippen LogP contribution in [0.15, 0.2) is 23.8 Å². The van der Waals surface area contributed by atoms with Crippen molar-refractivity contribution >= 4 is 26.8 Å². The molecule has 3 saturated carbocycles. The van der Waals surface area contributed by atoms with Gasteiger partial charge >= 0.3 is 26.8 Å². The van der Waals surface area contributed by atoms with Crippen molar-refractivity contribution in [3.05, 3.63) is 23.8 Å². The topological polar surface area (TPSA) is 437 Å². The summed E-state index contributed by atoms with van der Waals surface area (Å²) in [5, 5.41) is 101. The average Bonchev–Trinajstić information content (AvgIpc) is 1.56. The molecule has 0 amide bonds. The van der Waals surface area contributed by atoms with Crippen LogP contribution in [-0.4, -0.2) is 259 Å². The van der Waals surface area contributed by atoms with Crippen molar-refractivity contribution in [2.45, 2.75) is 227 Å². The van der Waals surface area contributed by atoms with E-state index in [4.69, 9.17) is 61.0 Å². The standard InChI is InChI=1S/C53H82O30S2/c1-20(2)31-26-15-52(7)23-9-10-29-50(4,5)30(12-13-51(29,6)22(23)11-14-53(31,52)49(63)77-26)78-47-42(34(58)28(18-73-47)83-85(67,68)69)82-48-43(81-44-35(59)32(56)24(54)16-71-44)36(60)39(21(3)75-48)79-46-38(62)41(33(57)27(76-46)19-74-84(64,65)66)80-45-37(61)40(70-8)25(55)17-72-45/h9,21-22,24-48,54-62H,1,10-19H2,2-8H3,(H,64,65,66)(H,67,68,69)/t21-,22-,24-,25-,26+,27-,28-,29+,30+,31+,32+,33-,34+,35-,36+,37-,38-,39-,40+,41+,42-,43-,44+,45+,46+,47+,48+,51-,52+,53-/m1/s1. The van der Waals surface area contributed by atoms with E-state index in [2.05, 4.69) is 44.5 Å². The first-order valence-electron chi connectivity index (χ1n) is 28.6. The van der Waals surface area contributed by atoms with Crippen LogP contribution in [0.25, 0.3) is 0 Å². The third kappa shape index (κ3) is 11.8. The summed E-state index contributed by atoms with van der Waals surface area (Å²) in [6, 6.07) is 0. The summed E-state index contributed by atoms with van der Waals surface area (Å²) in [5.41, 5.74) is 0.0988. The second-order valence-electron chi connectivity index (χ2n) is 25.6. The van der Waals surface area contributed by atoms with Crippen LogP contribution in [0.3, 0.4) is 0 Å². The van der Waals surface area contributed by atoms with Crippen LogP contribution in [0.2, 0.25) is 0 Å². The van der Waals surface area contributed by atoms with Crippen molar-refractivity contribution in [2.24, 2.45) is 39.4 Å². The molecule has 6 aliphatic heterocycles. The van der Waals surface area contributed by atoms with Crippen LogP contribution in [0.1, 0.15) is 80.1 Å². The summed E-state index contributed by atoms with van der Waals surface area (Å²) < 4.78 is 148.